The Bertz CT molecular complexity index is 1030. The van der Waals surface area contributed by atoms with Gasteiger partial charge < -0.3 is 20.4 Å². The second-order valence-electron chi connectivity index (χ2n) is 6.85. The first kappa shape index (κ1) is 19.1. The monoisotopic (exact) mass is 396 g/mol. The van der Waals surface area contributed by atoms with Crippen LogP contribution in [-0.2, 0) is 9.53 Å². The second kappa shape index (κ2) is 8.42. The number of H-pyrrole nitrogens is 1. The fraction of sp³-hybridized carbons (Fsp3) is 0.238. The maximum atomic E-state index is 13.8. The van der Waals surface area contributed by atoms with Gasteiger partial charge >= 0.3 is 0 Å². The predicted molar refractivity (Wildman–Crippen MR) is 109 cm³/mol. The third-order valence-corrected chi connectivity index (χ3v) is 4.75. The summed E-state index contributed by atoms with van der Waals surface area (Å²) in [6, 6.07) is 13.0. The molecule has 0 saturated carbocycles. The van der Waals surface area contributed by atoms with Crippen LogP contribution in [0.2, 0.25) is 0 Å². The molecular weight excluding hydrogens is 375 g/mol. The second-order valence-corrected chi connectivity index (χ2v) is 6.85. The maximum absolute atomic E-state index is 13.8. The molecule has 4 rings (SSSR count). The Morgan fingerprint density at radius 3 is 2.41 bits per heavy atom. The summed E-state index contributed by atoms with van der Waals surface area (Å²) in [5.41, 5.74) is 2.05. The molecule has 0 unspecified atom stereocenters. The van der Waals surface area contributed by atoms with Crippen molar-refractivity contribution in [2.24, 2.45) is 0 Å². The van der Waals surface area contributed by atoms with E-state index in [2.05, 4.69) is 15.6 Å². The molecule has 0 atom stereocenters. The summed E-state index contributed by atoms with van der Waals surface area (Å²) in [6.07, 6.45) is 0. The van der Waals surface area contributed by atoms with Crippen LogP contribution in [-0.4, -0.2) is 54.5 Å². The standard InChI is InChI=1S/C21H21FN4O3/c22-17-2-1-3-18-16(17)12-19(25-18)21(28)24-15-6-4-14(5-7-15)23-20(27)13-26-8-10-29-11-9-26/h1-7,12,25H,8-11,13H2,(H,23,27)(H,24,28). The van der Waals surface area contributed by atoms with Crippen LogP contribution in [0.4, 0.5) is 15.8 Å². The number of ether oxygens (including phenoxy) is 1. The van der Waals surface area contributed by atoms with Crippen molar-refractivity contribution in [2.75, 3.05) is 43.5 Å². The Balaban J connectivity index is 1.35. The highest BCUT2D eigenvalue weighted by Gasteiger charge is 2.15. The highest BCUT2D eigenvalue weighted by Crippen LogP contribution is 2.20. The van der Waals surface area contributed by atoms with Crippen LogP contribution in [0.5, 0.6) is 0 Å². The fourth-order valence-electron chi connectivity index (χ4n) is 3.24. The molecule has 150 valence electrons. The number of rotatable bonds is 5. The predicted octanol–water partition coefficient (Wildman–Crippen LogP) is 2.83. The maximum Gasteiger partial charge on any atom is 0.272 e. The van der Waals surface area contributed by atoms with Gasteiger partial charge in [0, 0.05) is 35.4 Å². The first-order valence-electron chi connectivity index (χ1n) is 9.37. The van der Waals surface area contributed by atoms with Crippen LogP contribution < -0.4 is 10.6 Å². The quantitative estimate of drug-likeness (QED) is 0.619. The van der Waals surface area contributed by atoms with E-state index in [4.69, 9.17) is 4.74 Å². The Labute approximate surface area is 166 Å². The molecule has 0 spiro atoms. The number of aromatic amines is 1. The largest absolute Gasteiger partial charge is 0.379 e. The van der Waals surface area contributed by atoms with Gasteiger partial charge in [-0.1, -0.05) is 6.07 Å². The SMILES string of the molecule is O=C(CN1CCOCC1)Nc1ccc(NC(=O)c2cc3c(F)cccc3[nH]2)cc1. The third kappa shape index (κ3) is 4.61. The van der Waals surface area contributed by atoms with Gasteiger partial charge in [-0.05, 0) is 42.5 Å². The van der Waals surface area contributed by atoms with Crippen molar-refractivity contribution in [1.29, 1.82) is 0 Å². The zero-order valence-corrected chi connectivity index (χ0v) is 15.7. The lowest BCUT2D eigenvalue weighted by Gasteiger charge is -2.25. The van der Waals surface area contributed by atoms with Gasteiger partial charge in [0.15, 0.2) is 0 Å². The molecule has 29 heavy (non-hydrogen) atoms. The van der Waals surface area contributed by atoms with Gasteiger partial charge in [0.25, 0.3) is 5.91 Å². The topological polar surface area (TPSA) is 86.5 Å². The number of hydrogen-bond acceptors (Lipinski definition) is 4. The number of amides is 2. The number of morpholine rings is 1. The summed E-state index contributed by atoms with van der Waals surface area (Å²) in [5, 5.41) is 5.97. The normalized spacial score (nSPS) is 14.7. The zero-order chi connectivity index (χ0) is 20.2. The van der Waals surface area contributed by atoms with E-state index in [1.165, 1.54) is 12.1 Å². The minimum atomic E-state index is -0.380. The Morgan fingerprint density at radius 2 is 1.72 bits per heavy atom. The number of benzene rings is 2. The number of nitrogens with zero attached hydrogens (tertiary/aromatic N) is 1. The van der Waals surface area contributed by atoms with Crippen LogP contribution in [0.1, 0.15) is 10.5 Å². The van der Waals surface area contributed by atoms with E-state index in [0.717, 1.165) is 13.1 Å². The number of fused-ring (bicyclic) bond motifs is 1. The van der Waals surface area contributed by atoms with Crippen molar-refractivity contribution >= 4 is 34.1 Å². The summed E-state index contributed by atoms with van der Waals surface area (Å²) in [6.45, 7) is 3.10. The molecule has 1 saturated heterocycles. The highest BCUT2D eigenvalue weighted by molar-refractivity contribution is 6.06. The zero-order valence-electron chi connectivity index (χ0n) is 15.7. The van der Waals surface area contributed by atoms with Gasteiger partial charge in [-0.25, -0.2) is 4.39 Å². The molecular formula is C21H21FN4O3. The molecule has 2 heterocycles. The molecule has 1 fully saturated rings. The van der Waals surface area contributed by atoms with E-state index in [0.29, 0.717) is 42.0 Å². The van der Waals surface area contributed by atoms with Gasteiger partial charge in [0.1, 0.15) is 11.5 Å². The fourth-order valence-corrected chi connectivity index (χ4v) is 3.24. The van der Waals surface area contributed by atoms with Gasteiger partial charge in [0.05, 0.1) is 19.8 Å². The van der Waals surface area contributed by atoms with E-state index in [1.807, 2.05) is 4.90 Å². The van der Waals surface area contributed by atoms with Gasteiger partial charge in [-0.2, -0.15) is 0 Å². The third-order valence-electron chi connectivity index (χ3n) is 4.75. The van der Waals surface area contributed by atoms with E-state index >= 15 is 0 Å². The number of hydrogen-bond donors (Lipinski definition) is 3. The summed E-state index contributed by atoms with van der Waals surface area (Å²) >= 11 is 0. The molecule has 0 bridgehead atoms. The van der Waals surface area contributed by atoms with Crippen LogP contribution in [0.15, 0.2) is 48.5 Å². The van der Waals surface area contributed by atoms with Crippen LogP contribution in [0, 0.1) is 5.82 Å². The van der Waals surface area contributed by atoms with Gasteiger partial charge in [0.2, 0.25) is 5.91 Å². The number of nitrogens with one attached hydrogen (secondary N) is 3. The summed E-state index contributed by atoms with van der Waals surface area (Å²) in [4.78, 5) is 29.5. The molecule has 3 N–H and O–H groups in total. The van der Waals surface area contributed by atoms with E-state index < -0.39 is 0 Å². The molecule has 7 nitrogen and oxygen atoms in total. The molecule has 3 aromatic rings. The van der Waals surface area contributed by atoms with E-state index in [-0.39, 0.29) is 23.3 Å². The molecule has 1 aliphatic rings. The van der Waals surface area contributed by atoms with Gasteiger partial charge in [-0.3, -0.25) is 14.5 Å². The molecule has 0 radical (unpaired) electrons. The van der Waals surface area contributed by atoms with Crippen molar-refractivity contribution in [3.8, 4) is 0 Å². The van der Waals surface area contributed by atoms with Crippen molar-refractivity contribution in [2.45, 2.75) is 0 Å². The molecule has 8 heteroatoms. The minimum absolute atomic E-state index is 0.0937. The van der Waals surface area contributed by atoms with Crippen molar-refractivity contribution in [3.63, 3.8) is 0 Å². The lowest BCUT2D eigenvalue weighted by molar-refractivity contribution is -0.118. The minimum Gasteiger partial charge on any atom is -0.379 e. The number of carbonyl (C=O) groups is 2. The van der Waals surface area contributed by atoms with Crippen LogP contribution in [0.25, 0.3) is 10.9 Å². The number of halogens is 1. The average molecular weight is 396 g/mol. The Hall–Kier alpha value is -3.23. The van der Waals surface area contributed by atoms with Crippen molar-refractivity contribution in [1.82, 2.24) is 9.88 Å². The molecule has 2 amide bonds. The number of aromatic nitrogens is 1. The molecule has 1 aromatic heterocycles. The summed E-state index contributed by atoms with van der Waals surface area (Å²) in [7, 11) is 0. The van der Waals surface area contributed by atoms with E-state index in [1.54, 1.807) is 36.4 Å². The number of carbonyl (C=O) groups excluding carboxylic acids is 2. The number of anilines is 2. The van der Waals surface area contributed by atoms with Crippen LogP contribution in [0.3, 0.4) is 0 Å². The van der Waals surface area contributed by atoms with Crippen LogP contribution >= 0.6 is 0 Å². The van der Waals surface area contributed by atoms with Gasteiger partial charge in [-0.15, -0.1) is 0 Å². The molecule has 2 aromatic carbocycles. The first-order valence-corrected chi connectivity index (χ1v) is 9.37. The summed E-state index contributed by atoms with van der Waals surface area (Å²) in [5.74, 6) is -0.844. The lowest BCUT2D eigenvalue weighted by Crippen LogP contribution is -2.41. The molecule has 0 aliphatic carbocycles. The first-order chi connectivity index (χ1) is 14.1. The molecule has 1 aliphatic heterocycles. The van der Waals surface area contributed by atoms with Crippen molar-refractivity contribution < 1.29 is 18.7 Å². The Kier molecular flexibility index (Phi) is 5.55. The van der Waals surface area contributed by atoms with E-state index in [9.17, 15) is 14.0 Å². The van der Waals surface area contributed by atoms with Crippen molar-refractivity contribution in [3.05, 3.63) is 60.0 Å². The highest BCUT2D eigenvalue weighted by atomic mass is 19.1. The smallest absolute Gasteiger partial charge is 0.272 e. The lowest BCUT2D eigenvalue weighted by atomic mass is 10.2. The summed E-state index contributed by atoms with van der Waals surface area (Å²) < 4.78 is 19.1. The average Bonchev–Trinajstić information content (AvgIpc) is 3.16. The Morgan fingerprint density at radius 1 is 1.03 bits per heavy atom.